The van der Waals surface area contributed by atoms with Gasteiger partial charge in [-0.05, 0) is 12.1 Å². The van der Waals surface area contributed by atoms with Crippen LogP contribution in [0.15, 0.2) is 18.2 Å². The monoisotopic (exact) mass is 286 g/mol. The van der Waals surface area contributed by atoms with Crippen molar-refractivity contribution in [2.24, 2.45) is 11.5 Å². The predicted molar refractivity (Wildman–Crippen MR) is 68.5 cm³/mol. The summed E-state index contributed by atoms with van der Waals surface area (Å²) in [5.74, 6) is -1.49. The van der Waals surface area contributed by atoms with E-state index in [4.69, 9.17) is 23.1 Å². The molecule has 19 heavy (non-hydrogen) atoms. The Morgan fingerprint density at radius 2 is 2.11 bits per heavy atom. The number of anilines is 1. The molecule has 0 aliphatic carbocycles. The first-order chi connectivity index (χ1) is 8.81. The molecule has 8 nitrogen and oxygen atoms in total. The largest absolute Gasteiger partial charge is 0.370 e. The summed E-state index contributed by atoms with van der Waals surface area (Å²) in [6.45, 7) is 0. The zero-order valence-electron chi connectivity index (χ0n) is 9.63. The molecule has 1 rings (SSSR count). The lowest BCUT2D eigenvalue weighted by molar-refractivity contribution is -0.383. The molecule has 0 bridgehead atoms. The molecule has 0 saturated heterocycles. The van der Waals surface area contributed by atoms with Gasteiger partial charge in [0.25, 0.3) is 5.69 Å². The van der Waals surface area contributed by atoms with Crippen LogP contribution in [0.2, 0.25) is 5.02 Å². The fourth-order valence-corrected chi connectivity index (χ4v) is 1.46. The molecule has 0 spiro atoms. The second kappa shape index (κ2) is 6.12. The van der Waals surface area contributed by atoms with Crippen LogP contribution < -0.4 is 16.8 Å². The Labute approximate surface area is 112 Å². The van der Waals surface area contributed by atoms with Crippen LogP contribution in [0.1, 0.15) is 6.42 Å². The SMILES string of the molecule is NC(=O)CC(N)C(=O)Nc1ccc(Cl)cc1[N+](=O)[O-]. The molecule has 1 aromatic rings. The van der Waals surface area contributed by atoms with Crippen LogP contribution >= 0.6 is 11.6 Å². The summed E-state index contributed by atoms with van der Waals surface area (Å²) in [6.07, 6.45) is -0.354. The van der Waals surface area contributed by atoms with Crippen LogP contribution in [0.4, 0.5) is 11.4 Å². The Morgan fingerprint density at radius 3 is 2.63 bits per heavy atom. The molecule has 1 aromatic carbocycles. The van der Waals surface area contributed by atoms with E-state index in [-0.39, 0.29) is 22.8 Å². The lowest BCUT2D eigenvalue weighted by Gasteiger charge is -2.10. The molecule has 0 heterocycles. The number of benzene rings is 1. The minimum Gasteiger partial charge on any atom is -0.370 e. The Bertz CT molecular complexity index is 534. The number of amides is 2. The van der Waals surface area contributed by atoms with Crippen LogP contribution in [0, 0.1) is 10.1 Å². The topological polar surface area (TPSA) is 141 Å². The molecule has 0 radical (unpaired) electrons. The predicted octanol–water partition coefficient (Wildman–Crippen LogP) is 0.389. The first-order valence-corrected chi connectivity index (χ1v) is 5.47. The molecule has 9 heteroatoms. The molecule has 0 aromatic heterocycles. The van der Waals surface area contributed by atoms with E-state index in [9.17, 15) is 19.7 Å². The van der Waals surface area contributed by atoms with Crippen LogP contribution in [0.25, 0.3) is 0 Å². The van der Waals surface area contributed by atoms with Gasteiger partial charge in [0.2, 0.25) is 11.8 Å². The maximum absolute atomic E-state index is 11.6. The normalized spacial score (nSPS) is 11.7. The van der Waals surface area contributed by atoms with Crippen molar-refractivity contribution < 1.29 is 14.5 Å². The van der Waals surface area contributed by atoms with E-state index in [2.05, 4.69) is 5.32 Å². The van der Waals surface area contributed by atoms with Gasteiger partial charge in [-0.15, -0.1) is 0 Å². The molecular formula is C10H11ClN4O4. The molecule has 1 unspecified atom stereocenters. The van der Waals surface area contributed by atoms with Crippen molar-refractivity contribution in [3.05, 3.63) is 33.3 Å². The van der Waals surface area contributed by atoms with E-state index in [1.165, 1.54) is 12.1 Å². The van der Waals surface area contributed by atoms with Crippen LogP contribution in [0.5, 0.6) is 0 Å². The van der Waals surface area contributed by atoms with E-state index >= 15 is 0 Å². The van der Waals surface area contributed by atoms with Crippen molar-refractivity contribution in [1.82, 2.24) is 0 Å². The third-order valence-electron chi connectivity index (χ3n) is 2.17. The van der Waals surface area contributed by atoms with Gasteiger partial charge in [0, 0.05) is 11.1 Å². The Morgan fingerprint density at radius 1 is 1.47 bits per heavy atom. The smallest absolute Gasteiger partial charge is 0.294 e. The average Bonchev–Trinajstić information content (AvgIpc) is 2.30. The maximum atomic E-state index is 11.6. The minimum atomic E-state index is -1.17. The summed E-state index contributed by atoms with van der Waals surface area (Å²) in [7, 11) is 0. The van der Waals surface area contributed by atoms with Crippen molar-refractivity contribution in [3.8, 4) is 0 Å². The highest BCUT2D eigenvalue weighted by molar-refractivity contribution is 6.31. The number of carbonyl (C=O) groups excluding carboxylic acids is 2. The zero-order valence-corrected chi connectivity index (χ0v) is 10.4. The van der Waals surface area contributed by atoms with Gasteiger partial charge in [0.05, 0.1) is 17.4 Å². The maximum Gasteiger partial charge on any atom is 0.294 e. The highest BCUT2D eigenvalue weighted by Gasteiger charge is 2.21. The molecule has 1 atom stereocenters. The lowest BCUT2D eigenvalue weighted by Crippen LogP contribution is -2.39. The molecule has 0 aliphatic rings. The summed E-state index contributed by atoms with van der Waals surface area (Å²) < 4.78 is 0. The fraction of sp³-hybridized carbons (Fsp3) is 0.200. The number of carbonyl (C=O) groups is 2. The number of halogens is 1. The molecule has 2 amide bonds. The second-order valence-electron chi connectivity index (χ2n) is 3.68. The van der Waals surface area contributed by atoms with Crippen molar-refractivity contribution in [1.29, 1.82) is 0 Å². The van der Waals surface area contributed by atoms with Gasteiger partial charge < -0.3 is 16.8 Å². The summed E-state index contributed by atoms with van der Waals surface area (Å²) in [6, 6.07) is 2.57. The van der Waals surface area contributed by atoms with Gasteiger partial charge in [0.1, 0.15) is 5.69 Å². The van der Waals surface area contributed by atoms with Crippen LogP contribution in [0.3, 0.4) is 0 Å². The molecule has 0 fully saturated rings. The first kappa shape index (κ1) is 14.9. The summed E-state index contributed by atoms with van der Waals surface area (Å²) in [5.41, 5.74) is 9.89. The van der Waals surface area contributed by atoms with E-state index in [1.54, 1.807) is 0 Å². The van der Waals surface area contributed by atoms with Gasteiger partial charge in [-0.25, -0.2) is 0 Å². The molecular weight excluding hydrogens is 276 g/mol. The van der Waals surface area contributed by atoms with Gasteiger partial charge in [0.15, 0.2) is 0 Å². The quantitative estimate of drug-likeness (QED) is 0.530. The summed E-state index contributed by atoms with van der Waals surface area (Å²) >= 11 is 5.63. The van der Waals surface area contributed by atoms with Gasteiger partial charge >= 0.3 is 0 Å². The highest BCUT2D eigenvalue weighted by atomic mass is 35.5. The van der Waals surface area contributed by atoms with Crippen molar-refractivity contribution in [2.75, 3.05) is 5.32 Å². The number of nitrogens with two attached hydrogens (primary N) is 2. The van der Waals surface area contributed by atoms with Gasteiger partial charge in [-0.2, -0.15) is 0 Å². The number of nitro benzene ring substituents is 1. The van der Waals surface area contributed by atoms with E-state index in [0.717, 1.165) is 6.07 Å². The molecule has 0 saturated carbocycles. The number of nitrogens with one attached hydrogen (secondary N) is 1. The van der Waals surface area contributed by atoms with Crippen LogP contribution in [-0.2, 0) is 9.59 Å². The highest BCUT2D eigenvalue weighted by Crippen LogP contribution is 2.27. The summed E-state index contributed by atoms with van der Waals surface area (Å²) in [5, 5.41) is 13.2. The number of hydrogen-bond acceptors (Lipinski definition) is 5. The Balaban J connectivity index is 2.90. The minimum absolute atomic E-state index is 0.0562. The number of nitro groups is 1. The van der Waals surface area contributed by atoms with Gasteiger partial charge in [-0.3, -0.25) is 19.7 Å². The van der Waals surface area contributed by atoms with Crippen molar-refractivity contribution in [3.63, 3.8) is 0 Å². The second-order valence-corrected chi connectivity index (χ2v) is 4.12. The first-order valence-electron chi connectivity index (χ1n) is 5.10. The number of rotatable bonds is 5. The Kier molecular flexibility index (Phi) is 4.79. The molecule has 5 N–H and O–H groups in total. The van der Waals surface area contributed by atoms with Crippen molar-refractivity contribution in [2.45, 2.75) is 12.5 Å². The molecule has 0 aliphatic heterocycles. The third-order valence-corrected chi connectivity index (χ3v) is 2.41. The zero-order chi connectivity index (χ0) is 14.6. The third kappa shape index (κ3) is 4.19. The van der Waals surface area contributed by atoms with E-state index in [1.807, 2.05) is 0 Å². The summed E-state index contributed by atoms with van der Waals surface area (Å²) in [4.78, 5) is 32.3. The number of primary amides is 1. The van der Waals surface area contributed by atoms with Crippen molar-refractivity contribution >= 4 is 34.8 Å². The standard InChI is InChI=1S/C10H11ClN4O4/c11-5-1-2-7(8(3-5)15(18)19)14-10(17)6(12)4-9(13)16/h1-3,6H,4,12H2,(H2,13,16)(H,14,17). The van der Waals surface area contributed by atoms with Crippen LogP contribution in [-0.4, -0.2) is 22.8 Å². The molecule has 102 valence electrons. The van der Waals surface area contributed by atoms with Gasteiger partial charge in [-0.1, -0.05) is 11.6 Å². The fourth-order valence-electron chi connectivity index (χ4n) is 1.30. The lowest BCUT2D eigenvalue weighted by atomic mass is 10.2. The average molecular weight is 287 g/mol. The van der Waals surface area contributed by atoms with E-state index in [0.29, 0.717) is 0 Å². The Hall–Kier alpha value is -2.19. The number of hydrogen-bond donors (Lipinski definition) is 3. The number of nitrogens with zero attached hydrogens (tertiary/aromatic N) is 1. The van der Waals surface area contributed by atoms with E-state index < -0.39 is 22.8 Å².